The molecule has 1 unspecified atom stereocenters. The number of aliphatic hydroxyl groups excluding tert-OH is 1. The summed E-state index contributed by atoms with van der Waals surface area (Å²) in [5.74, 6) is 0.816. The molecule has 2 aliphatic rings. The van der Waals surface area contributed by atoms with Crippen LogP contribution in [0, 0.1) is 5.92 Å². The molecule has 0 aliphatic heterocycles. The van der Waals surface area contributed by atoms with E-state index in [1.807, 2.05) is 6.20 Å². The zero-order chi connectivity index (χ0) is 11.0. The summed E-state index contributed by atoms with van der Waals surface area (Å²) in [6, 6.07) is 0. The second kappa shape index (κ2) is 4.22. The van der Waals surface area contributed by atoms with Crippen molar-refractivity contribution in [2.75, 3.05) is 6.61 Å². The van der Waals surface area contributed by atoms with Gasteiger partial charge in [0.25, 0.3) is 0 Å². The van der Waals surface area contributed by atoms with Crippen LogP contribution in [0.2, 0.25) is 0 Å². The molecule has 1 atom stereocenters. The molecule has 2 aliphatic carbocycles. The maximum atomic E-state index is 9.84. The van der Waals surface area contributed by atoms with E-state index in [0.29, 0.717) is 6.73 Å². The van der Waals surface area contributed by atoms with Crippen LogP contribution in [0.1, 0.15) is 42.9 Å². The standard InChI is InChI=1S/C13H19NO2/c15-13-3-1-2-11-6-14(7-12(11)13)9-16-8-10-4-5-10/h6-7,10,13,15H,1-5,8-9H2. The van der Waals surface area contributed by atoms with Crippen LogP contribution in [0.3, 0.4) is 0 Å². The van der Waals surface area contributed by atoms with Crippen LogP contribution in [0.15, 0.2) is 12.4 Å². The highest BCUT2D eigenvalue weighted by molar-refractivity contribution is 5.28. The maximum Gasteiger partial charge on any atom is 0.122 e. The average molecular weight is 221 g/mol. The average Bonchev–Trinajstić information content (AvgIpc) is 2.98. The first kappa shape index (κ1) is 10.4. The number of aliphatic hydroxyl groups is 1. The third-order valence-electron chi connectivity index (χ3n) is 3.57. The predicted octanol–water partition coefficient (Wildman–Crippen LogP) is 2.24. The van der Waals surface area contributed by atoms with Crippen LogP contribution < -0.4 is 0 Å². The lowest BCUT2D eigenvalue weighted by atomic mass is 9.93. The molecular weight excluding hydrogens is 202 g/mol. The fraction of sp³-hybridized carbons (Fsp3) is 0.692. The van der Waals surface area contributed by atoms with Crippen molar-refractivity contribution in [3.63, 3.8) is 0 Å². The molecule has 0 aromatic carbocycles. The van der Waals surface area contributed by atoms with Crippen LogP contribution in [-0.4, -0.2) is 16.3 Å². The number of aryl methyl sites for hydroxylation is 1. The minimum atomic E-state index is -0.256. The summed E-state index contributed by atoms with van der Waals surface area (Å²) in [5, 5.41) is 9.84. The quantitative estimate of drug-likeness (QED) is 0.846. The Morgan fingerprint density at radius 2 is 2.19 bits per heavy atom. The van der Waals surface area contributed by atoms with Crippen molar-refractivity contribution in [3.05, 3.63) is 23.5 Å². The van der Waals surface area contributed by atoms with E-state index in [9.17, 15) is 5.11 Å². The van der Waals surface area contributed by atoms with Crippen LogP contribution in [0.4, 0.5) is 0 Å². The van der Waals surface area contributed by atoms with Gasteiger partial charge >= 0.3 is 0 Å². The predicted molar refractivity (Wildman–Crippen MR) is 61.0 cm³/mol. The molecule has 3 heteroatoms. The normalized spacial score (nSPS) is 24.4. The summed E-state index contributed by atoms with van der Waals surface area (Å²) in [5.41, 5.74) is 2.41. The molecular formula is C13H19NO2. The van der Waals surface area contributed by atoms with E-state index in [1.165, 1.54) is 18.4 Å². The van der Waals surface area contributed by atoms with E-state index in [4.69, 9.17) is 4.74 Å². The van der Waals surface area contributed by atoms with E-state index < -0.39 is 0 Å². The van der Waals surface area contributed by atoms with E-state index in [2.05, 4.69) is 10.8 Å². The lowest BCUT2D eigenvalue weighted by Crippen LogP contribution is -2.05. The first-order chi connectivity index (χ1) is 7.83. The summed E-state index contributed by atoms with van der Waals surface area (Å²) in [6.45, 7) is 1.53. The van der Waals surface area contributed by atoms with Crippen LogP contribution >= 0.6 is 0 Å². The number of ether oxygens (including phenoxy) is 1. The molecule has 0 amide bonds. The molecule has 0 radical (unpaired) electrons. The van der Waals surface area contributed by atoms with Crippen molar-refractivity contribution in [2.45, 2.75) is 44.9 Å². The Labute approximate surface area is 96.0 Å². The van der Waals surface area contributed by atoms with E-state index in [1.54, 1.807) is 0 Å². The zero-order valence-corrected chi connectivity index (χ0v) is 9.56. The second-order valence-corrected chi connectivity index (χ2v) is 5.10. The van der Waals surface area contributed by atoms with Crippen LogP contribution in [0.5, 0.6) is 0 Å². The largest absolute Gasteiger partial charge is 0.388 e. The molecule has 1 heterocycles. The SMILES string of the molecule is OC1CCCc2cn(COCC3CC3)cc21. The number of nitrogens with zero attached hydrogens (tertiary/aromatic N) is 1. The molecule has 16 heavy (non-hydrogen) atoms. The molecule has 3 nitrogen and oxygen atoms in total. The Balaban J connectivity index is 1.61. The number of rotatable bonds is 4. The van der Waals surface area contributed by atoms with Gasteiger partial charge in [-0.3, -0.25) is 0 Å². The van der Waals surface area contributed by atoms with Crippen molar-refractivity contribution in [1.82, 2.24) is 4.57 Å². The van der Waals surface area contributed by atoms with Gasteiger partial charge in [0.15, 0.2) is 0 Å². The second-order valence-electron chi connectivity index (χ2n) is 5.10. The topological polar surface area (TPSA) is 34.4 Å². The Bertz CT molecular complexity index is 368. The zero-order valence-electron chi connectivity index (χ0n) is 9.56. The molecule has 1 aromatic rings. The third kappa shape index (κ3) is 2.15. The highest BCUT2D eigenvalue weighted by atomic mass is 16.5. The van der Waals surface area contributed by atoms with Crippen LogP contribution in [0.25, 0.3) is 0 Å². The van der Waals surface area contributed by atoms with Crippen molar-refractivity contribution in [2.24, 2.45) is 5.92 Å². The van der Waals surface area contributed by atoms with Crippen molar-refractivity contribution in [1.29, 1.82) is 0 Å². The van der Waals surface area contributed by atoms with Gasteiger partial charge in [-0.1, -0.05) is 0 Å². The minimum Gasteiger partial charge on any atom is -0.388 e. The molecule has 0 saturated heterocycles. The van der Waals surface area contributed by atoms with E-state index in [-0.39, 0.29) is 6.10 Å². The lowest BCUT2D eigenvalue weighted by Gasteiger charge is -2.16. The lowest BCUT2D eigenvalue weighted by molar-refractivity contribution is 0.0689. The van der Waals surface area contributed by atoms with Gasteiger partial charge in [0, 0.05) is 18.0 Å². The van der Waals surface area contributed by atoms with Crippen molar-refractivity contribution in [3.8, 4) is 0 Å². The van der Waals surface area contributed by atoms with Gasteiger partial charge in [0.1, 0.15) is 6.73 Å². The van der Waals surface area contributed by atoms with Gasteiger partial charge in [-0.2, -0.15) is 0 Å². The summed E-state index contributed by atoms with van der Waals surface area (Å²) in [4.78, 5) is 0. The fourth-order valence-electron chi connectivity index (χ4n) is 2.41. The summed E-state index contributed by atoms with van der Waals surface area (Å²) < 4.78 is 7.71. The van der Waals surface area contributed by atoms with Gasteiger partial charge in [-0.05, 0) is 43.6 Å². The van der Waals surface area contributed by atoms with Gasteiger partial charge in [-0.15, -0.1) is 0 Å². The van der Waals surface area contributed by atoms with Crippen LogP contribution in [-0.2, 0) is 17.9 Å². The molecule has 0 bridgehead atoms. The highest BCUT2D eigenvalue weighted by Gasteiger charge is 2.22. The number of hydrogen-bond acceptors (Lipinski definition) is 2. The van der Waals surface area contributed by atoms with Gasteiger partial charge in [0.05, 0.1) is 12.7 Å². The maximum absolute atomic E-state index is 9.84. The molecule has 1 aromatic heterocycles. The summed E-state index contributed by atoms with van der Waals surface area (Å²) in [7, 11) is 0. The molecule has 1 N–H and O–H groups in total. The smallest absolute Gasteiger partial charge is 0.122 e. The third-order valence-corrected chi connectivity index (χ3v) is 3.57. The van der Waals surface area contributed by atoms with Gasteiger partial charge in [-0.25, -0.2) is 0 Å². The van der Waals surface area contributed by atoms with E-state index >= 15 is 0 Å². The Hall–Kier alpha value is -0.800. The summed E-state index contributed by atoms with van der Waals surface area (Å²) >= 11 is 0. The monoisotopic (exact) mass is 221 g/mol. The molecule has 0 spiro atoms. The molecule has 1 saturated carbocycles. The molecule has 3 rings (SSSR count). The fourth-order valence-corrected chi connectivity index (χ4v) is 2.41. The minimum absolute atomic E-state index is 0.256. The van der Waals surface area contributed by atoms with Crippen molar-refractivity contribution < 1.29 is 9.84 Å². The molecule has 88 valence electrons. The highest BCUT2D eigenvalue weighted by Crippen LogP contribution is 2.31. The van der Waals surface area contributed by atoms with Gasteiger partial charge < -0.3 is 14.4 Å². The Morgan fingerprint density at radius 3 is 2.94 bits per heavy atom. The molecule has 1 fully saturated rings. The number of fused-ring (bicyclic) bond motifs is 1. The Morgan fingerprint density at radius 1 is 1.31 bits per heavy atom. The van der Waals surface area contributed by atoms with E-state index in [0.717, 1.165) is 37.4 Å². The first-order valence-corrected chi connectivity index (χ1v) is 6.27. The number of hydrogen-bond donors (Lipinski definition) is 1. The Kier molecular flexibility index (Phi) is 2.74. The number of aromatic nitrogens is 1. The summed E-state index contributed by atoms with van der Waals surface area (Å²) in [6.07, 6.45) is 9.69. The van der Waals surface area contributed by atoms with Crippen molar-refractivity contribution >= 4 is 0 Å². The first-order valence-electron chi connectivity index (χ1n) is 6.27. The van der Waals surface area contributed by atoms with Gasteiger partial charge in [0.2, 0.25) is 0 Å².